The van der Waals surface area contributed by atoms with Gasteiger partial charge in [-0.2, -0.15) is 13.2 Å². The zero-order valence-electron chi connectivity index (χ0n) is 11.8. The van der Waals surface area contributed by atoms with Crippen LogP contribution >= 0.6 is 0 Å². The predicted octanol–water partition coefficient (Wildman–Crippen LogP) is 3.37. The molecule has 1 atom stereocenters. The molecule has 0 saturated heterocycles. The van der Waals surface area contributed by atoms with Gasteiger partial charge in [0.2, 0.25) is 0 Å². The number of aromatic nitrogens is 2. The Hall–Kier alpha value is -1.95. The summed E-state index contributed by atoms with van der Waals surface area (Å²) in [5.74, 6) is 0. The molecule has 1 N–H and O–H groups in total. The van der Waals surface area contributed by atoms with E-state index in [1.807, 2.05) is 6.92 Å². The maximum absolute atomic E-state index is 13.2. The highest BCUT2D eigenvalue weighted by Crippen LogP contribution is 2.36. The lowest BCUT2D eigenvalue weighted by Gasteiger charge is -2.23. The standard InChI is InChI=1S/C15H16F3N3/c1-3-10-8-20-6-4-11(10)14(19-2)12-9-21-7-5-13(12)15(16,17)18/h4-9,14,19H,3H2,1-2H3. The van der Waals surface area contributed by atoms with E-state index in [1.54, 1.807) is 25.5 Å². The molecule has 3 nitrogen and oxygen atoms in total. The van der Waals surface area contributed by atoms with Crippen LogP contribution in [0.4, 0.5) is 13.2 Å². The van der Waals surface area contributed by atoms with E-state index in [2.05, 4.69) is 15.3 Å². The van der Waals surface area contributed by atoms with Gasteiger partial charge in [0, 0.05) is 30.4 Å². The third-order valence-corrected chi connectivity index (χ3v) is 3.39. The van der Waals surface area contributed by atoms with Crippen molar-refractivity contribution in [2.45, 2.75) is 25.6 Å². The molecule has 0 aliphatic rings. The molecule has 0 bridgehead atoms. The van der Waals surface area contributed by atoms with Gasteiger partial charge >= 0.3 is 6.18 Å². The molecule has 2 aromatic rings. The Morgan fingerprint density at radius 2 is 1.76 bits per heavy atom. The van der Waals surface area contributed by atoms with Gasteiger partial charge in [0.1, 0.15) is 0 Å². The first-order valence-corrected chi connectivity index (χ1v) is 6.60. The molecule has 2 heterocycles. The first kappa shape index (κ1) is 15.4. The van der Waals surface area contributed by atoms with Crippen molar-refractivity contribution in [3.63, 3.8) is 0 Å². The van der Waals surface area contributed by atoms with Crippen LogP contribution in [-0.2, 0) is 12.6 Å². The summed E-state index contributed by atoms with van der Waals surface area (Å²) >= 11 is 0. The van der Waals surface area contributed by atoms with Crippen LogP contribution in [0.3, 0.4) is 0 Å². The van der Waals surface area contributed by atoms with Gasteiger partial charge in [-0.15, -0.1) is 0 Å². The molecule has 0 amide bonds. The number of alkyl halides is 3. The smallest absolute Gasteiger partial charge is 0.309 e. The van der Waals surface area contributed by atoms with Crippen LogP contribution < -0.4 is 5.32 Å². The fraction of sp³-hybridized carbons (Fsp3) is 0.333. The summed E-state index contributed by atoms with van der Waals surface area (Å²) in [7, 11) is 1.64. The lowest BCUT2D eigenvalue weighted by atomic mass is 9.93. The van der Waals surface area contributed by atoms with Crippen molar-refractivity contribution in [3.05, 3.63) is 59.2 Å². The zero-order valence-corrected chi connectivity index (χ0v) is 11.8. The van der Waals surface area contributed by atoms with E-state index in [4.69, 9.17) is 0 Å². The topological polar surface area (TPSA) is 37.8 Å². The van der Waals surface area contributed by atoms with Gasteiger partial charge in [-0.25, -0.2) is 0 Å². The second-order valence-corrected chi connectivity index (χ2v) is 4.61. The molecule has 2 rings (SSSR count). The Morgan fingerprint density at radius 1 is 1.10 bits per heavy atom. The molecule has 0 aliphatic carbocycles. The molecule has 0 saturated carbocycles. The van der Waals surface area contributed by atoms with E-state index in [-0.39, 0.29) is 5.56 Å². The van der Waals surface area contributed by atoms with E-state index in [1.165, 1.54) is 6.20 Å². The second-order valence-electron chi connectivity index (χ2n) is 4.61. The van der Waals surface area contributed by atoms with Crippen molar-refractivity contribution < 1.29 is 13.2 Å². The fourth-order valence-corrected chi connectivity index (χ4v) is 2.39. The van der Waals surface area contributed by atoms with Gasteiger partial charge in [-0.1, -0.05) is 6.92 Å². The van der Waals surface area contributed by atoms with Crippen LogP contribution in [0.2, 0.25) is 0 Å². The second kappa shape index (κ2) is 6.22. The minimum absolute atomic E-state index is 0.119. The van der Waals surface area contributed by atoms with Crippen molar-refractivity contribution in [2.75, 3.05) is 7.05 Å². The van der Waals surface area contributed by atoms with Gasteiger partial charge in [-0.3, -0.25) is 9.97 Å². The molecule has 0 radical (unpaired) electrons. The Labute approximate surface area is 121 Å². The van der Waals surface area contributed by atoms with Crippen molar-refractivity contribution >= 4 is 0 Å². The number of pyridine rings is 2. The summed E-state index contributed by atoms with van der Waals surface area (Å²) in [6.45, 7) is 1.95. The number of nitrogens with one attached hydrogen (secondary N) is 1. The Bertz CT molecular complexity index is 611. The highest BCUT2D eigenvalue weighted by atomic mass is 19.4. The van der Waals surface area contributed by atoms with Crippen molar-refractivity contribution in [1.29, 1.82) is 0 Å². The van der Waals surface area contributed by atoms with Gasteiger partial charge < -0.3 is 5.32 Å². The van der Waals surface area contributed by atoms with E-state index in [9.17, 15) is 13.2 Å². The summed E-state index contributed by atoms with van der Waals surface area (Å²) in [4.78, 5) is 7.89. The number of hydrogen-bond acceptors (Lipinski definition) is 3. The zero-order chi connectivity index (χ0) is 15.5. The summed E-state index contributed by atoms with van der Waals surface area (Å²) in [5.41, 5.74) is 1.14. The van der Waals surface area contributed by atoms with Crippen molar-refractivity contribution in [3.8, 4) is 0 Å². The van der Waals surface area contributed by atoms with Crippen LogP contribution in [0.5, 0.6) is 0 Å². The monoisotopic (exact) mass is 295 g/mol. The lowest BCUT2D eigenvalue weighted by Crippen LogP contribution is -2.23. The molecule has 6 heteroatoms. The summed E-state index contributed by atoms with van der Waals surface area (Å²) in [5, 5.41) is 2.95. The Morgan fingerprint density at radius 3 is 2.38 bits per heavy atom. The average Bonchev–Trinajstić information content (AvgIpc) is 2.48. The van der Waals surface area contributed by atoms with Crippen LogP contribution in [0.15, 0.2) is 36.9 Å². The molecule has 21 heavy (non-hydrogen) atoms. The minimum Gasteiger partial charge on any atom is -0.309 e. The molecule has 2 aromatic heterocycles. The molecule has 112 valence electrons. The molecular weight excluding hydrogens is 279 g/mol. The van der Waals surface area contributed by atoms with E-state index in [0.29, 0.717) is 6.42 Å². The summed E-state index contributed by atoms with van der Waals surface area (Å²) in [6, 6.07) is 2.17. The maximum Gasteiger partial charge on any atom is 0.416 e. The SMILES string of the molecule is CCc1cnccc1C(NC)c1cnccc1C(F)(F)F. The van der Waals surface area contributed by atoms with Gasteiger partial charge in [0.05, 0.1) is 11.6 Å². The number of aryl methyl sites for hydroxylation is 1. The number of nitrogens with zero attached hydrogens (tertiary/aromatic N) is 2. The largest absolute Gasteiger partial charge is 0.416 e. The predicted molar refractivity (Wildman–Crippen MR) is 73.8 cm³/mol. The number of halogens is 3. The molecule has 0 fully saturated rings. The first-order valence-electron chi connectivity index (χ1n) is 6.60. The summed E-state index contributed by atoms with van der Waals surface area (Å²) in [6.07, 6.45) is 1.98. The van der Waals surface area contributed by atoms with Gasteiger partial charge in [-0.05, 0) is 36.7 Å². The highest BCUT2D eigenvalue weighted by Gasteiger charge is 2.35. The van der Waals surface area contributed by atoms with E-state index < -0.39 is 17.8 Å². The van der Waals surface area contributed by atoms with Gasteiger partial charge in [0.25, 0.3) is 0 Å². The minimum atomic E-state index is -4.41. The van der Waals surface area contributed by atoms with E-state index in [0.717, 1.165) is 23.4 Å². The van der Waals surface area contributed by atoms with Crippen molar-refractivity contribution in [2.24, 2.45) is 0 Å². The van der Waals surface area contributed by atoms with Crippen molar-refractivity contribution in [1.82, 2.24) is 15.3 Å². The lowest BCUT2D eigenvalue weighted by molar-refractivity contribution is -0.138. The van der Waals surface area contributed by atoms with Crippen LogP contribution in [0.25, 0.3) is 0 Å². The quantitative estimate of drug-likeness (QED) is 0.940. The normalized spacial score (nSPS) is 13.2. The molecule has 0 spiro atoms. The number of hydrogen-bond donors (Lipinski definition) is 1. The molecular formula is C15H16F3N3. The third-order valence-electron chi connectivity index (χ3n) is 3.39. The molecule has 0 aliphatic heterocycles. The Kier molecular flexibility index (Phi) is 4.57. The Balaban J connectivity index is 2.58. The van der Waals surface area contributed by atoms with Crippen LogP contribution in [0.1, 0.15) is 35.2 Å². The van der Waals surface area contributed by atoms with E-state index >= 15 is 0 Å². The summed E-state index contributed by atoms with van der Waals surface area (Å²) < 4.78 is 39.5. The average molecular weight is 295 g/mol. The molecule has 0 aromatic carbocycles. The maximum atomic E-state index is 13.2. The molecule has 1 unspecified atom stereocenters. The van der Waals surface area contributed by atoms with Crippen LogP contribution in [-0.4, -0.2) is 17.0 Å². The third kappa shape index (κ3) is 3.21. The highest BCUT2D eigenvalue weighted by molar-refractivity contribution is 5.39. The van der Waals surface area contributed by atoms with Gasteiger partial charge in [0.15, 0.2) is 0 Å². The fourth-order valence-electron chi connectivity index (χ4n) is 2.39. The first-order chi connectivity index (χ1) is 9.99. The number of rotatable bonds is 4. The van der Waals surface area contributed by atoms with Crippen LogP contribution in [0, 0.1) is 0 Å².